The molecule has 1 fully saturated rings. The number of carbonyl (C=O) groups excluding carboxylic acids is 2. The summed E-state index contributed by atoms with van der Waals surface area (Å²) in [6, 6.07) is 2.85. The maximum atomic E-state index is 13.8. The van der Waals surface area contributed by atoms with Crippen LogP contribution >= 0.6 is 0 Å². The number of likely N-dealkylation sites (N-methyl/N-ethyl adjacent to an activating group) is 1. The molecule has 0 saturated carbocycles. The van der Waals surface area contributed by atoms with Gasteiger partial charge in [0.05, 0.1) is 18.2 Å². The Bertz CT molecular complexity index is 1070. The first kappa shape index (κ1) is 21.9. The summed E-state index contributed by atoms with van der Waals surface area (Å²) in [6.45, 7) is 6.64. The van der Waals surface area contributed by atoms with Crippen LogP contribution in [-0.2, 0) is 16.0 Å². The van der Waals surface area contributed by atoms with Gasteiger partial charge < -0.3 is 20.4 Å². The Kier molecular flexibility index (Phi) is 5.70. The third-order valence-corrected chi connectivity index (χ3v) is 5.89. The van der Waals surface area contributed by atoms with Gasteiger partial charge in [-0.3, -0.25) is 9.59 Å². The number of aryl methyl sites for hydroxylation is 1. The molecule has 4 rings (SSSR count). The van der Waals surface area contributed by atoms with E-state index in [0.29, 0.717) is 36.2 Å². The lowest BCUT2D eigenvalue weighted by Crippen LogP contribution is -2.57. The number of likely N-dealkylation sites (tertiary alicyclic amines) is 1. The summed E-state index contributed by atoms with van der Waals surface area (Å²) in [6.07, 6.45) is -0.117. The quantitative estimate of drug-likeness (QED) is 0.736. The molecule has 0 aliphatic carbocycles. The van der Waals surface area contributed by atoms with Gasteiger partial charge in [-0.25, -0.2) is 13.8 Å². The standard InChI is InChI=1S/C22H26F2N6O2/c1-11(2)19-21(32)27-18-12(3)25-22(28-20(18)29(19)4)26-15-9-30(10-15)17(31)7-13-5-6-14(23)8-16(13)24/h5-6,8,11,15,19H,7,9-10H2,1-4H3,(H,27,32)(H,25,26,28)/t19-/m0/s1. The fourth-order valence-corrected chi connectivity index (χ4v) is 4.17. The van der Waals surface area contributed by atoms with Gasteiger partial charge in [0.15, 0.2) is 5.82 Å². The van der Waals surface area contributed by atoms with Gasteiger partial charge in [0.25, 0.3) is 0 Å². The Morgan fingerprint density at radius 3 is 2.66 bits per heavy atom. The number of anilines is 3. The third kappa shape index (κ3) is 4.09. The molecule has 1 saturated heterocycles. The monoisotopic (exact) mass is 444 g/mol. The minimum atomic E-state index is -0.720. The van der Waals surface area contributed by atoms with Gasteiger partial charge in [0, 0.05) is 26.2 Å². The van der Waals surface area contributed by atoms with Crippen molar-refractivity contribution < 1.29 is 18.4 Å². The largest absolute Gasteiger partial charge is 0.348 e. The molecule has 10 heteroatoms. The highest BCUT2D eigenvalue weighted by Gasteiger charge is 2.36. The topological polar surface area (TPSA) is 90.5 Å². The van der Waals surface area contributed by atoms with Crippen LogP contribution in [0.25, 0.3) is 0 Å². The number of fused-ring (bicyclic) bond motifs is 1. The molecule has 2 amide bonds. The van der Waals surface area contributed by atoms with Crippen molar-refractivity contribution >= 4 is 29.3 Å². The minimum absolute atomic E-state index is 0.0427. The molecule has 2 aliphatic rings. The van der Waals surface area contributed by atoms with Gasteiger partial charge >= 0.3 is 0 Å². The average molecular weight is 444 g/mol. The van der Waals surface area contributed by atoms with Crippen LogP contribution in [0.2, 0.25) is 0 Å². The zero-order chi connectivity index (χ0) is 23.2. The number of halogens is 2. The predicted molar refractivity (Wildman–Crippen MR) is 116 cm³/mol. The second-order valence-electron chi connectivity index (χ2n) is 8.67. The van der Waals surface area contributed by atoms with Crippen LogP contribution in [-0.4, -0.2) is 58.9 Å². The van der Waals surface area contributed by atoms with Crippen molar-refractivity contribution in [1.82, 2.24) is 14.9 Å². The molecule has 2 N–H and O–H groups in total. The van der Waals surface area contributed by atoms with Crippen LogP contribution in [0.1, 0.15) is 25.1 Å². The van der Waals surface area contributed by atoms with Crippen LogP contribution in [0.3, 0.4) is 0 Å². The summed E-state index contributed by atoms with van der Waals surface area (Å²) in [5.74, 6) is -0.506. The highest BCUT2D eigenvalue weighted by molar-refractivity contribution is 6.03. The molecule has 1 atom stereocenters. The number of nitrogens with zero attached hydrogens (tertiary/aromatic N) is 4. The summed E-state index contributed by atoms with van der Waals surface area (Å²) < 4.78 is 26.8. The van der Waals surface area contributed by atoms with Crippen molar-refractivity contribution in [3.05, 3.63) is 41.1 Å². The average Bonchev–Trinajstić information content (AvgIpc) is 2.67. The van der Waals surface area contributed by atoms with Crippen LogP contribution in [0.5, 0.6) is 0 Å². The lowest BCUT2D eigenvalue weighted by atomic mass is 9.99. The van der Waals surface area contributed by atoms with Crippen molar-refractivity contribution in [1.29, 1.82) is 0 Å². The normalized spacial score (nSPS) is 18.3. The molecular formula is C22H26F2N6O2. The summed E-state index contributed by atoms with van der Waals surface area (Å²) in [4.78, 5) is 37.4. The predicted octanol–water partition coefficient (Wildman–Crippen LogP) is 2.34. The van der Waals surface area contributed by atoms with Crippen LogP contribution in [0.15, 0.2) is 18.2 Å². The van der Waals surface area contributed by atoms with E-state index < -0.39 is 11.6 Å². The van der Waals surface area contributed by atoms with E-state index in [4.69, 9.17) is 0 Å². The second-order valence-corrected chi connectivity index (χ2v) is 8.67. The lowest BCUT2D eigenvalue weighted by molar-refractivity contribution is -0.134. The molecule has 2 aliphatic heterocycles. The zero-order valence-corrected chi connectivity index (χ0v) is 18.4. The number of carbonyl (C=O) groups is 2. The van der Waals surface area contributed by atoms with Gasteiger partial charge in [-0.15, -0.1) is 0 Å². The first-order valence-corrected chi connectivity index (χ1v) is 10.5. The highest BCUT2D eigenvalue weighted by atomic mass is 19.1. The van der Waals surface area contributed by atoms with E-state index in [1.807, 2.05) is 32.7 Å². The fraction of sp³-hybridized carbons (Fsp3) is 0.455. The van der Waals surface area contributed by atoms with Gasteiger partial charge in [-0.05, 0) is 24.5 Å². The van der Waals surface area contributed by atoms with Gasteiger partial charge in [0.2, 0.25) is 17.8 Å². The molecule has 0 unspecified atom stereocenters. The number of aromatic nitrogens is 2. The first-order chi connectivity index (χ1) is 15.1. The van der Waals surface area contributed by atoms with Gasteiger partial charge in [-0.2, -0.15) is 4.98 Å². The van der Waals surface area contributed by atoms with E-state index >= 15 is 0 Å². The van der Waals surface area contributed by atoms with E-state index in [2.05, 4.69) is 20.6 Å². The Balaban J connectivity index is 1.40. The van der Waals surface area contributed by atoms with Gasteiger partial charge in [-0.1, -0.05) is 19.9 Å². The number of hydrogen-bond donors (Lipinski definition) is 2. The van der Waals surface area contributed by atoms with Crippen LogP contribution in [0, 0.1) is 24.5 Å². The van der Waals surface area contributed by atoms with E-state index in [0.717, 1.165) is 12.1 Å². The minimum Gasteiger partial charge on any atom is -0.348 e. The number of benzene rings is 1. The van der Waals surface area contributed by atoms with E-state index in [9.17, 15) is 18.4 Å². The van der Waals surface area contributed by atoms with E-state index in [1.165, 1.54) is 6.07 Å². The van der Waals surface area contributed by atoms with Crippen LogP contribution < -0.4 is 15.5 Å². The SMILES string of the molecule is Cc1nc(NC2CN(C(=O)Cc3ccc(F)cc3F)C2)nc2c1NC(=O)[C@H](C(C)C)N2C. The van der Waals surface area contributed by atoms with Crippen molar-refractivity contribution in [2.24, 2.45) is 5.92 Å². The molecule has 2 aromatic rings. The summed E-state index contributed by atoms with van der Waals surface area (Å²) in [7, 11) is 1.84. The zero-order valence-electron chi connectivity index (χ0n) is 18.4. The molecule has 8 nitrogen and oxygen atoms in total. The maximum absolute atomic E-state index is 13.8. The Hall–Kier alpha value is -3.30. The molecule has 32 heavy (non-hydrogen) atoms. The molecule has 170 valence electrons. The summed E-state index contributed by atoms with van der Waals surface area (Å²) in [5, 5.41) is 6.14. The lowest BCUT2D eigenvalue weighted by Gasteiger charge is -2.40. The maximum Gasteiger partial charge on any atom is 0.247 e. The van der Waals surface area contributed by atoms with E-state index in [-0.39, 0.29) is 41.8 Å². The summed E-state index contributed by atoms with van der Waals surface area (Å²) >= 11 is 0. The number of nitrogens with one attached hydrogen (secondary N) is 2. The van der Waals surface area contributed by atoms with Crippen molar-refractivity contribution in [2.75, 3.05) is 35.7 Å². The first-order valence-electron chi connectivity index (χ1n) is 10.5. The second kappa shape index (κ2) is 8.33. The fourth-order valence-electron chi connectivity index (χ4n) is 4.17. The summed E-state index contributed by atoms with van der Waals surface area (Å²) in [5.41, 5.74) is 1.43. The van der Waals surface area contributed by atoms with Crippen molar-refractivity contribution in [3.8, 4) is 0 Å². The van der Waals surface area contributed by atoms with Gasteiger partial charge in [0.1, 0.15) is 23.4 Å². The molecule has 1 aromatic carbocycles. The Morgan fingerprint density at radius 2 is 2.00 bits per heavy atom. The molecule has 0 spiro atoms. The van der Waals surface area contributed by atoms with Crippen molar-refractivity contribution in [2.45, 2.75) is 39.3 Å². The Morgan fingerprint density at radius 1 is 1.28 bits per heavy atom. The van der Waals surface area contributed by atoms with E-state index in [1.54, 1.807) is 4.90 Å². The molecule has 0 bridgehead atoms. The number of rotatable bonds is 5. The molecule has 3 heterocycles. The highest BCUT2D eigenvalue weighted by Crippen LogP contribution is 2.34. The third-order valence-electron chi connectivity index (χ3n) is 5.89. The molecule has 0 radical (unpaired) electrons. The molecular weight excluding hydrogens is 418 g/mol. The number of hydrogen-bond acceptors (Lipinski definition) is 6. The Labute approximate surface area is 185 Å². The van der Waals surface area contributed by atoms with Crippen molar-refractivity contribution in [3.63, 3.8) is 0 Å². The number of amides is 2. The smallest absolute Gasteiger partial charge is 0.247 e. The molecule has 1 aromatic heterocycles. The van der Waals surface area contributed by atoms with Crippen LogP contribution in [0.4, 0.5) is 26.2 Å².